The molecule has 0 rings (SSSR count). The molecule has 72 valence electrons. The van der Waals surface area contributed by atoms with E-state index < -0.39 is 20.2 Å². The molecule has 0 aliphatic carbocycles. The third kappa shape index (κ3) is 7.41. The van der Waals surface area contributed by atoms with Crippen LogP contribution in [0.1, 0.15) is 46.5 Å². The van der Waals surface area contributed by atoms with Crippen LogP contribution >= 0.6 is 0 Å². The predicted molar refractivity (Wildman–Crippen MR) is 56.8 cm³/mol. The maximum atomic E-state index is 5.84. The van der Waals surface area contributed by atoms with Crippen molar-refractivity contribution < 1.29 is 3.07 Å². The molecule has 0 radical (unpaired) electrons. The van der Waals surface area contributed by atoms with Crippen molar-refractivity contribution in [3.05, 3.63) is 0 Å². The number of unbranched alkanes of at least 4 members (excludes halogenated alkanes) is 2. The quantitative estimate of drug-likeness (QED) is 0.616. The Hall–Kier alpha value is 0.759. The summed E-state index contributed by atoms with van der Waals surface area (Å²) in [6.45, 7) is 7.64. The van der Waals surface area contributed by atoms with Crippen molar-refractivity contribution in [2.75, 3.05) is 6.61 Å². The summed E-state index contributed by atoms with van der Waals surface area (Å²) >= 11 is -1.31. The van der Waals surface area contributed by atoms with Gasteiger partial charge in [-0.3, -0.25) is 0 Å². The van der Waals surface area contributed by atoms with Gasteiger partial charge in [-0.05, 0) is 0 Å². The van der Waals surface area contributed by atoms with Crippen molar-refractivity contribution in [2.45, 2.75) is 55.3 Å². The summed E-state index contributed by atoms with van der Waals surface area (Å²) in [5.74, 6) is 0. The Balaban J connectivity index is 3.40. The molecule has 0 aromatic carbocycles. The van der Waals surface area contributed by atoms with E-state index >= 15 is 0 Å². The van der Waals surface area contributed by atoms with E-state index in [1.807, 2.05) is 0 Å². The van der Waals surface area contributed by atoms with Crippen LogP contribution in [0.25, 0.3) is 0 Å². The monoisotopic (exact) mass is 279 g/mol. The van der Waals surface area contributed by atoms with Crippen molar-refractivity contribution in [2.24, 2.45) is 0 Å². The normalized spacial score (nSPS) is 10.2. The van der Waals surface area contributed by atoms with Crippen molar-refractivity contribution >= 4 is 20.2 Å². The molecule has 0 bridgehead atoms. The molecule has 0 amide bonds. The second-order valence-corrected chi connectivity index (χ2v) is 9.93. The van der Waals surface area contributed by atoms with E-state index in [0.29, 0.717) is 0 Å². The van der Waals surface area contributed by atoms with E-state index in [1.54, 1.807) is 0 Å². The summed E-state index contributed by atoms with van der Waals surface area (Å²) in [6.07, 6.45) is 5.48. The van der Waals surface area contributed by atoms with Crippen LogP contribution in [0.15, 0.2) is 0 Å². The van der Waals surface area contributed by atoms with Crippen molar-refractivity contribution in [1.82, 2.24) is 0 Å². The molecule has 0 saturated heterocycles. The number of rotatable bonds is 8. The molecule has 0 N–H and O–H groups in total. The van der Waals surface area contributed by atoms with Gasteiger partial charge in [0.2, 0.25) is 0 Å². The van der Waals surface area contributed by atoms with E-state index in [2.05, 4.69) is 20.8 Å². The van der Waals surface area contributed by atoms with Crippen LogP contribution in [0.5, 0.6) is 0 Å². The van der Waals surface area contributed by atoms with Gasteiger partial charge in [0.1, 0.15) is 0 Å². The number of hydrogen-bond donors (Lipinski definition) is 0. The first kappa shape index (κ1) is 12.8. The molecule has 1 nitrogen and oxygen atoms in total. The summed E-state index contributed by atoms with van der Waals surface area (Å²) in [6, 6.07) is 0. The standard InChI is InChI=1S/2C4H9.C2H5O.Sn/c2*1-3-4-2;1-2-3;/h2*1,3-4H2,2H3;2H2,1H3;/q;;-1;+2. The SMILES string of the molecule is CCC[CH2][Sn+]([CH2]CCC)[O]CC. The Morgan fingerprint density at radius 1 is 0.917 bits per heavy atom. The van der Waals surface area contributed by atoms with Crippen LogP contribution in [-0.4, -0.2) is 26.8 Å². The molecule has 0 aromatic heterocycles. The van der Waals surface area contributed by atoms with Crippen LogP contribution in [0.4, 0.5) is 0 Å². The third-order valence-electron chi connectivity index (χ3n) is 1.97. The zero-order valence-electron chi connectivity index (χ0n) is 8.86. The Kier molecular flexibility index (Phi) is 10.5. The molecule has 0 atom stereocenters. The van der Waals surface area contributed by atoms with Gasteiger partial charge in [-0.2, -0.15) is 0 Å². The molecule has 0 aromatic rings. The first-order chi connectivity index (χ1) is 5.85. The average molecular weight is 278 g/mol. The van der Waals surface area contributed by atoms with Crippen LogP contribution in [0.3, 0.4) is 0 Å². The van der Waals surface area contributed by atoms with Crippen molar-refractivity contribution in [3.8, 4) is 0 Å². The Bertz CT molecular complexity index is 77.9. The van der Waals surface area contributed by atoms with Crippen molar-refractivity contribution in [1.29, 1.82) is 0 Å². The fourth-order valence-electron chi connectivity index (χ4n) is 1.22. The van der Waals surface area contributed by atoms with Gasteiger partial charge in [-0.25, -0.2) is 0 Å². The zero-order valence-corrected chi connectivity index (χ0v) is 11.7. The molecule has 0 spiro atoms. The average Bonchev–Trinajstić information content (AvgIpc) is 2.10. The number of hydrogen-bond acceptors (Lipinski definition) is 1. The summed E-state index contributed by atoms with van der Waals surface area (Å²) in [4.78, 5) is 0. The van der Waals surface area contributed by atoms with Gasteiger partial charge >= 0.3 is 85.2 Å². The van der Waals surface area contributed by atoms with Crippen LogP contribution in [-0.2, 0) is 3.07 Å². The third-order valence-corrected chi connectivity index (χ3v) is 9.16. The molecule has 0 aliphatic heterocycles. The fourth-order valence-corrected chi connectivity index (χ4v) is 8.19. The van der Waals surface area contributed by atoms with Gasteiger partial charge < -0.3 is 0 Å². The van der Waals surface area contributed by atoms with Crippen molar-refractivity contribution in [3.63, 3.8) is 0 Å². The first-order valence-corrected chi connectivity index (χ1v) is 10.5. The Labute approximate surface area is 85.2 Å². The van der Waals surface area contributed by atoms with E-state index in [1.165, 1.54) is 34.6 Å². The summed E-state index contributed by atoms with van der Waals surface area (Å²) < 4.78 is 8.74. The van der Waals surface area contributed by atoms with Gasteiger partial charge in [0.05, 0.1) is 0 Å². The van der Waals surface area contributed by atoms with E-state index in [0.717, 1.165) is 6.61 Å². The van der Waals surface area contributed by atoms with Crippen LogP contribution < -0.4 is 0 Å². The van der Waals surface area contributed by atoms with E-state index in [9.17, 15) is 0 Å². The molecular formula is C10H23OSn+. The second-order valence-electron chi connectivity index (χ2n) is 3.18. The van der Waals surface area contributed by atoms with Gasteiger partial charge in [-0.15, -0.1) is 0 Å². The molecule has 0 unspecified atom stereocenters. The second kappa shape index (κ2) is 9.84. The van der Waals surface area contributed by atoms with E-state index in [-0.39, 0.29) is 0 Å². The molecule has 0 heterocycles. The first-order valence-electron chi connectivity index (χ1n) is 5.32. The maximum absolute atomic E-state index is 5.84. The minimum absolute atomic E-state index is 0.961. The minimum atomic E-state index is -1.31. The van der Waals surface area contributed by atoms with E-state index in [4.69, 9.17) is 3.07 Å². The Morgan fingerprint density at radius 2 is 1.42 bits per heavy atom. The molecule has 0 fully saturated rings. The van der Waals surface area contributed by atoms with Crippen LogP contribution in [0.2, 0.25) is 8.87 Å². The molecule has 0 saturated carbocycles. The molecule has 2 heteroatoms. The van der Waals surface area contributed by atoms with Gasteiger partial charge in [-0.1, -0.05) is 0 Å². The summed E-state index contributed by atoms with van der Waals surface area (Å²) in [7, 11) is 0. The fraction of sp³-hybridized carbons (Fsp3) is 1.00. The molecular weight excluding hydrogens is 255 g/mol. The van der Waals surface area contributed by atoms with Gasteiger partial charge in [0.15, 0.2) is 0 Å². The Morgan fingerprint density at radius 3 is 1.75 bits per heavy atom. The summed E-state index contributed by atoms with van der Waals surface area (Å²) in [5, 5.41) is 0. The topological polar surface area (TPSA) is 9.23 Å². The molecule has 0 aliphatic rings. The predicted octanol–water partition coefficient (Wildman–Crippen LogP) is 3.61. The van der Waals surface area contributed by atoms with Crippen LogP contribution in [0, 0.1) is 0 Å². The molecule has 12 heavy (non-hydrogen) atoms. The van der Waals surface area contributed by atoms with Gasteiger partial charge in [0, 0.05) is 0 Å². The zero-order chi connectivity index (χ0) is 9.23. The summed E-state index contributed by atoms with van der Waals surface area (Å²) in [5.41, 5.74) is 0. The van der Waals surface area contributed by atoms with Gasteiger partial charge in [0.25, 0.3) is 0 Å².